The van der Waals surface area contributed by atoms with Crippen molar-refractivity contribution in [2.75, 3.05) is 57.4 Å². The fourth-order valence-corrected chi connectivity index (χ4v) is 4.16. The molecule has 0 aromatic heterocycles. The number of nitrogens with zero attached hydrogens (tertiary/aromatic N) is 2. The fraction of sp³-hybridized carbons (Fsp3) is 0.750. The van der Waals surface area contributed by atoms with Gasteiger partial charge in [0.15, 0.2) is 0 Å². The number of para-hydroxylation sites is 1. The maximum Gasteiger partial charge on any atom is 0.102 e. The topological polar surface area (TPSA) is 43.7 Å². The lowest BCUT2D eigenvalue weighted by Gasteiger charge is -2.39. The van der Waals surface area contributed by atoms with E-state index < -0.39 is 0 Å². The van der Waals surface area contributed by atoms with Gasteiger partial charge in [0, 0.05) is 24.7 Å². The molecule has 0 amide bonds. The van der Waals surface area contributed by atoms with Gasteiger partial charge in [0.25, 0.3) is 0 Å². The molecule has 0 aliphatic heterocycles. The predicted molar refractivity (Wildman–Crippen MR) is 121 cm³/mol. The molecule has 28 heavy (non-hydrogen) atoms. The summed E-state index contributed by atoms with van der Waals surface area (Å²) in [7, 11) is 0. The lowest BCUT2D eigenvalue weighted by molar-refractivity contribution is -0.931. The SMILES string of the molecule is CC(C)CCN(CCCCC[N+](CCO)(CCO)CC(C)C)c1ccccc1. The van der Waals surface area contributed by atoms with E-state index in [1.807, 2.05) is 0 Å². The summed E-state index contributed by atoms with van der Waals surface area (Å²) in [5.41, 5.74) is 1.33. The second-order valence-electron chi connectivity index (χ2n) is 9.10. The summed E-state index contributed by atoms with van der Waals surface area (Å²) >= 11 is 0. The molecule has 0 aliphatic rings. The fourth-order valence-electron chi connectivity index (χ4n) is 4.16. The normalized spacial score (nSPS) is 12.1. The number of anilines is 1. The van der Waals surface area contributed by atoms with Crippen LogP contribution in [-0.4, -0.2) is 67.2 Å². The molecular formula is C24H45N2O2+. The molecule has 0 bridgehead atoms. The first-order valence-corrected chi connectivity index (χ1v) is 11.3. The number of benzene rings is 1. The summed E-state index contributed by atoms with van der Waals surface area (Å²) in [5, 5.41) is 19.1. The molecule has 0 aliphatic carbocycles. The molecule has 0 fully saturated rings. The number of hydrogen-bond donors (Lipinski definition) is 2. The summed E-state index contributed by atoms with van der Waals surface area (Å²) < 4.78 is 0.848. The number of unbranched alkanes of at least 4 members (excludes halogenated alkanes) is 2. The molecule has 162 valence electrons. The van der Waals surface area contributed by atoms with Gasteiger partial charge in [-0.1, -0.05) is 45.9 Å². The standard InChI is InChI=1S/C24H45N2O2/c1-22(2)13-15-25(24-11-7-5-8-12-24)14-9-6-10-16-26(17-19-27,18-20-28)21-23(3)4/h5,7-8,11-12,22-23,27-28H,6,9-10,13-21H2,1-4H3/q+1. The molecule has 1 aromatic rings. The van der Waals surface area contributed by atoms with E-state index >= 15 is 0 Å². The maximum absolute atomic E-state index is 9.54. The van der Waals surface area contributed by atoms with E-state index in [1.54, 1.807) is 0 Å². The molecule has 0 saturated carbocycles. The highest BCUT2D eigenvalue weighted by Crippen LogP contribution is 2.18. The van der Waals surface area contributed by atoms with Gasteiger partial charge in [0.2, 0.25) is 0 Å². The maximum atomic E-state index is 9.54. The lowest BCUT2D eigenvalue weighted by atomic mass is 10.1. The number of aliphatic hydroxyl groups excluding tert-OH is 2. The molecule has 0 heterocycles. The number of hydrogen-bond acceptors (Lipinski definition) is 3. The molecule has 2 N–H and O–H groups in total. The summed E-state index contributed by atoms with van der Waals surface area (Å²) in [6, 6.07) is 10.8. The van der Waals surface area contributed by atoms with Crippen LogP contribution in [0.5, 0.6) is 0 Å². The zero-order chi connectivity index (χ0) is 20.8. The van der Waals surface area contributed by atoms with Crippen molar-refractivity contribution >= 4 is 5.69 Å². The van der Waals surface area contributed by atoms with Crippen LogP contribution in [0.4, 0.5) is 5.69 Å². The minimum absolute atomic E-state index is 0.198. The van der Waals surface area contributed by atoms with Crippen molar-refractivity contribution < 1.29 is 14.7 Å². The Kier molecular flexibility index (Phi) is 12.4. The molecule has 0 unspecified atom stereocenters. The minimum atomic E-state index is 0.198. The molecule has 0 saturated heterocycles. The Hall–Kier alpha value is -1.10. The van der Waals surface area contributed by atoms with Crippen molar-refractivity contribution in [3.05, 3.63) is 30.3 Å². The summed E-state index contributed by atoms with van der Waals surface area (Å²) in [6.45, 7) is 15.2. The van der Waals surface area contributed by atoms with Crippen molar-refractivity contribution in [3.63, 3.8) is 0 Å². The summed E-state index contributed by atoms with van der Waals surface area (Å²) in [6.07, 6.45) is 4.75. The van der Waals surface area contributed by atoms with Gasteiger partial charge in [0.05, 0.1) is 26.3 Å². The smallest absolute Gasteiger partial charge is 0.102 e. The Balaban J connectivity index is 2.53. The van der Waals surface area contributed by atoms with E-state index in [0.29, 0.717) is 5.92 Å². The van der Waals surface area contributed by atoms with Gasteiger partial charge >= 0.3 is 0 Å². The second-order valence-corrected chi connectivity index (χ2v) is 9.10. The largest absolute Gasteiger partial charge is 0.391 e. The first-order chi connectivity index (χ1) is 13.4. The van der Waals surface area contributed by atoms with Gasteiger partial charge in [-0.05, 0) is 43.7 Å². The quantitative estimate of drug-likeness (QED) is 0.327. The molecule has 0 atom stereocenters. The van der Waals surface area contributed by atoms with E-state index in [9.17, 15) is 10.2 Å². The number of aliphatic hydroxyl groups is 2. The van der Waals surface area contributed by atoms with Crippen LogP contribution in [0.1, 0.15) is 53.4 Å². The Morgan fingerprint density at radius 1 is 0.786 bits per heavy atom. The summed E-state index contributed by atoms with van der Waals surface area (Å²) in [5.74, 6) is 1.29. The van der Waals surface area contributed by atoms with E-state index in [2.05, 4.69) is 62.9 Å². The third-order valence-electron chi connectivity index (χ3n) is 5.56. The highest BCUT2D eigenvalue weighted by atomic mass is 16.3. The minimum Gasteiger partial charge on any atom is -0.391 e. The van der Waals surface area contributed by atoms with E-state index in [-0.39, 0.29) is 13.2 Å². The molecule has 0 spiro atoms. The molecule has 0 radical (unpaired) electrons. The Labute approximate surface area is 173 Å². The highest BCUT2D eigenvalue weighted by Gasteiger charge is 2.27. The van der Waals surface area contributed by atoms with Gasteiger partial charge in [-0.3, -0.25) is 0 Å². The zero-order valence-corrected chi connectivity index (χ0v) is 18.8. The van der Waals surface area contributed by atoms with Gasteiger partial charge in [-0.15, -0.1) is 0 Å². The van der Waals surface area contributed by atoms with Crippen LogP contribution in [-0.2, 0) is 0 Å². The number of rotatable bonds is 16. The Bertz CT molecular complexity index is 485. The van der Waals surface area contributed by atoms with E-state index in [4.69, 9.17) is 0 Å². The van der Waals surface area contributed by atoms with Crippen molar-refractivity contribution in [1.82, 2.24) is 0 Å². The molecular weight excluding hydrogens is 348 g/mol. The molecule has 4 nitrogen and oxygen atoms in total. The third-order valence-corrected chi connectivity index (χ3v) is 5.56. The van der Waals surface area contributed by atoms with E-state index in [1.165, 1.54) is 24.9 Å². The lowest BCUT2D eigenvalue weighted by Crippen LogP contribution is -2.54. The van der Waals surface area contributed by atoms with Crippen molar-refractivity contribution in [2.45, 2.75) is 53.4 Å². The monoisotopic (exact) mass is 393 g/mol. The van der Waals surface area contributed by atoms with Gasteiger partial charge in [-0.2, -0.15) is 0 Å². The Morgan fingerprint density at radius 3 is 1.96 bits per heavy atom. The van der Waals surface area contributed by atoms with Gasteiger partial charge in [-0.25, -0.2) is 0 Å². The van der Waals surface area contributed by atoms with Crippen LogP contribution < -0.4 is 4.90 Å². The van der Waals surface area contributed by atoms with Crippen molar-refractivity contribution in [1.29, 1.82) is 0 Å². The van der Waals surface area contributed by atoms with Crippen LogP contribution in [0.25, 0.3) is 0 Å². The average molecular weight is 394 g/mol. The van der Waals surface area contributed by atoms with E-state index in [0.717, 1.165) is 56.1 Å². The van der Waals surface area contributed by atoms with Gasteiger partial charge in [0.1, 0.15) is 13.1 Å². The summed E-state index contributed by atoms with van der Waals surface area (Å²) in [4.78, 5) is 2.53. The molecule has 1 rings (SSSR count). The number of quaternary nitrogens is 1. The van der Waals surface area contributed by atoms with Crippen LogP contribution >= 0.6 is 0 Å². The van der Waals surface area contributed by atoms with Gasteiger partial charge < -0.3 is 19.6 Å². The van der Waals surface area contributed by atoms with Crippen LogP contribution in [0.2, 0.25) is 0 Å². The highest BCUT2D eigenvalue weighted by molar-refractivity contribution is 5.45. The predicted octanol–water partition coefficient (Wildman–Crippen LogP) is 4.17. The van der Waals surface area contributed by atoms with Crippen LogP contribution in [0.3, 0.4) is 0 Å². The van der Waals surface area contributed by atoms with Crippen molar-refractivity contribution in [3.8, 4) is 0 Å². The first-order valence-electron chi connectivity index (χ1n) is 11.3. The Morgan fingerprint density at radius 2 is 1.43 bits per heavy atom. The third kappa shape index (κ3) is 9.90. The zero-order valence-electron chi connectivity index (χ0n) is 18.8. The van der Waals surface area contributed by atoms with Crippen LogP contribution in [0.15, 0.2) is 30.3 Å². The van der Waals surface area contributed by atoms with Crippen LogP contribution in [0, 0.1) is 11.8 Å². The first kappa shape index (κ1) is 24.9. The second kappa shape index (κ2) is 14.0. The molecule has 1 aromatic carbocycles. The van der Waals surface area contributed by atoms with Crippen molar-refractivity contribution in [2.24, 2.45) is 11.8 Å². The average Bonchev–Trinajstić information content (AvgIpc) is 2.64. The molecule has 4 heteroatoms.